The highest BCUT2D eigenvalue weighted by Gasteiger charge is 2.29. The van der Waals surface area contributed by atoms with Crippen LogP contribution in [0, 0.1) is 23.7 Å². The Morgan fingerprint density at radius 2 is 0.730 bits per heavy atom. The van der Waals surface area contributed by atoms with Crippen LogP contribution < -0.4 is 11.5 Å². The molecule has 1 aliphatic rings. The predicted molar refractivity (Wildman–Crippen MR) is 306 cm³/mol. The molecule has 2 aromatic carbocycles. The van der Waals surface area contributed by atoms with Gasteiger partial charge in [0.25, 0.3) is 0 Å². The molecule has 74 heavy (non-hydrogen) atoms. The Hall–Kier alpha value is -3.86. The number of aromatic nitrogens is 4. The van der Waals surface area contributed by atoms with Crippen LogP contribution in [-0.4, -0.2) is 169 Å². The number of rotatable bonds is 16. The molecule has 2 aromatic heterocycles. The minimum absolute atomic E-state index is 0.0162. The molecule has 1 saturated heterocycles. The van der Waals surface area contributed by atoms with Gasteiger partial charge in [0.15, 0.2) is 0 Å². The maximum atomic E-state index is 7.17. The molecule has 416 valence electrons. The number of nitrogen functional groups attached to an aromatic ring is 2. The predicted octanol–water partition coefficient (Wildman–Crippen LogP) is 9.11. The third kappa shape index (κ3) is 22.0. The molecular weight excluding hydrogens is 925 g/mol. The summed E-state index contributed by atoms with van der Waals surface area (Å²) in [5.41, 5.74) is 18.2. The Labute approximate surface area is 448 Å². The van der Waals surface area contributed by atoms with E-state index in [1.54, 1.807) is 12.4 Å². The van der Waals surface area contributed by atoms with Crippen molar-refractivity contribution in [1.29, 1.82) is 0 Å². The molecule has 0 radical (unpaired) electrons. The Kier molecular flexibility index (Phi) is 25.4. The fraction of sp³-hybridized carbons (Fsp3) is 0.700. The molecule has 1 fully saturated rings. The molecule has 0 spiro atoms. The summed E-state index contributed by atoms with van der Waals surface area (Å²) >= 11 is 0. The molecule has 0 unspecified atom stereocenters. The quantitative estimate of drug-likeness (QED) is 0.111. The zero-order valence-corrected chi connectivity index (χ0v) is 48.5. The smallest absolute Gasteiger partial charge is 0.0743 e. The van der Waals surface area contributed by atoms with Crippen LogP contribution in [0.4, 0.5) is 11.4 Å². The van der Waals surface area contributed by atoms with E-state index in [4.69, 9.17) is 30.4 Å². The van der Waals surface area contributed by atoms with Gasteiger partial charge in [0, 0.05) is 62.7 Å². The average molecular weight is 1030 g/mol. The van der Waals surface area contributed by atoms with Gasteiger partial charge in [-0.15, -0.1) is 0 Å². The van der Waals surface area contributed by atoms with Gasteiger partial charge in [0.1, 0.15) is 0 Å². The number of hydrogen-bond acceptors (Lipinski definition) is 12. The van der Waals surface area contributed by atoms with Crippen molar-refractivity contribution in [3.63, 3.8) is 0 Å². The normalized spacial score (nSPS) is 25.3. The van der Waals surface area contributed by atoms with Crippen molar-refractivity contribution in [3.8, 4) is 0 Å². The fourth-order valence-corrected chi connectivity index (χ4v) is 10.6. The van der Waals surface area contributed by atoms with Gasteiger partial charge in [-0.3, -0.25) is 29.0 Å². The van der Waals surface area contributed by atoms with Crippen LogP contribution in [0.3, 0.4) is 0 Å². The second-order valence-electron chi connectivity index (χ2n) is 24.1. The molecule has 5 rings (SSSR count). The van der Waals surface area contributed by atoms with E-state index in [-0.39, 0.29) is 48.6 Å². The molecule has 0 aliphatic carbocycles. The van der Waals surface area contributed by atoms with E-state index in [0.717, 1.165) is 64.7 Å². The highest BCUT2D eigenvalue weighted by molar-refractivity contribution is 5.32. The van der Waals surface area contributed by atoms with Crippen LogP contribution in [0.15, 0.2) is 73.3 Å². The molecule has 1 aliphatic heterocycles. The van der Waals surface area contributed by atoms with Crippen LogP contribution in [0.5, 0.6) is 0 Å². The summed E-state index contributed by atoms with van der Waals surface area (Å²) in [4.78, 5) is 10.00. The van der Waals surface area contributed by atoms with Crippen LogP contribution in [0.1, 0.15) is 117 Å². The number of hydrogen-bond donors (Lipinski definition) is 2. The summed E-state index contributed by atoms with van der Waals surface area (Å²) in [7, 11) is 9.06. The van der Waals surface area contributed by atoms with Crippen LogP contribution in [-0.2, 0) is 44.9 Å². The molecule has 3 heterocycles. The molecule has 14 nitrogen and oxygen atoms in total. The Bertz CT molecular complexity index is 1960. The molecule has 4 aromatic rings. The summed E-state index contributed by atoms with van der Waals surface area (Å²) < 4.78 is 31.9. The molecule has 8 atom stereocenters. The zero-order chi connectivity index (χ0) is 53.9. The van der Waals surface area contributed by atoms with E-state index >= 15 is 0 Å². The van der Waals surface area contributed by atoms with Crippen LogP contribution in [0.2, 0.25) is 0 Å². The van der Waals surface area contributed by atoms with Crippen molar-refractivity contribution in [2.24, 2.45) is 23.7 Å². The first kappa shape index (κ1) is 61.0. The van der Waals surface area contributed by atoms with Gasteiger partial charge < -0.3 is 30.4 Å². The minimum Gasteiger partial charge on any atom is -0.396 e. The van der Waals surface area contributed by atoms with Crippen molar-refractivity contribution in [3.05, 3.63) is 95.6 Å². The number of nitrogens with two attached hydrogens (primary N) is 2. The number of anilines is 2. The maximum Gasteiger partial charge on any atom is 0.0743 e. The van der Waals surface area contributed by atoms with Gasteiger partial charge in [-0.2, -0.15) is 10.2 Å². The van der Waals surface area contributed by atoms with Gasteiger partial charge in [-0.25, -0.2) is 0 Å². The van der Waals surface area contributed by atoms with E-state index < -0.39 is 0 Å². The third-order valence-electron chi connectivity index (χ3n) is 14.7. The molecule has 4 N–H and O–H groups in total. The van der Waals surface area contributed by atoms with Crippen LogP contribution >= 0.6 is 0 Å². The fourth-order valence-electron chi connectivity index (χ4n) is 10.6. The Morgan fingerprint density at radius 1 is 0.446 bits per heavy atom. The summed E-state index contributed by atoms with van der Waals surface area (Å²) in [6, 6.07) is 18.8. The Morgan fingerprint density at radius 3 is 1.01 bits per heavy atom. The molecule has 0 amide bonds. The highest BCUT2D eigenvalue weighted by atomic mass is 16.5. The van der Waals surface area contributed by atoms with E-state index in [9.17, 15) is 0 Å². The van der Waals surface area contributed by atoms with Gasteiger partial charge in [0.05, 0.1) is 87.7 Å². The number of likely N-dealkylation sites (N-methyl/N-ethyl adjacent to an activating group) is 4. The zero-order valence-electron chi connectivity index (χ0n) is 48.5. The third-order valence-corrected chi connectivity index (χ3v) is 14.7. The average Bonchev–Trinajstić information content (AvgIpc) is 3.94. The van der Waals surface area contributed by atoms with Gasteiger partial charge in [-0.1, -0.05) is 104 Å². The second-order valence-corrected chi connectivity index (χ2v) is 24.1. The summed E-state index contributed by atoms with van der Waals surface area (Å²) in [5.74, 6) is 2.06. The minimum atomic E-state index is -0.0162. The van der Waals surface area contributed by atoms with Gasteiger partial charge >= 0.3 is 0 Å². The first-order chi connectivity index (χ1) is 35.2. The van der Waals surface area contributed by atoms with Crippen molar-refractivity contribution >= 4 is 11.4 Å². The summed E-state index contributed by atoms with van der Waals surface area (Å²) in [5, 5.41) is 8.80. The molecule has 0 saturated carbocycles. The molecule has 0 bridgehead atoms. The lowest BCUT2D eigenvalue weighted by atomic mass is 10.0. The lowest BCUT2D eigenvalue weighted by Gasteiger charge is -2.37. The lowest BCUT2D eigenvalue weighted by Crippen LogP contribution is -2.47. The van der Waals surface area contributed by atoms with Crippen molar-refractivity contribution in [1.82, 2.24) is 39.2 Å². The summed E-state index contributed by atoms with van der Waals surface area (Å²) in [6.45, 7) is 30.3. The Balaban J connectivity index is 1.40. The topological polar surface area (TPSA) is 138 Å². The number of nitrogens with zero attached hydrogens (tertiary/aromatic N) is 8. The number of ether oxygens (including phenoxy) is 4. The standard InChI is InChI=1S/C60H102N10O4/c1-43(2)23-55-39-71-47(9)31-65(11)58(26-46(7)8)42-74-60(28-50-17-21-52(22-18-50)34-70-36-54(62)30-64-70)38-68(14)56(24-44(3)4)40-72-48(10)32-66(12)57(25-45(5)6)41-73-59(37-67(55)13)27-49-15-19-51(20-16-49)33-69-35-53(61)29-63-69/h15-22,29-30,35-36,43-48,55-60H,23-28,31-34,37-42,61-62H2,1-14H3/t47-,48-,55+,56+,57+,58+,59-,60-/m1/s1. The molecular formula is C60H102N10O4. The molecule has 14 heteroatoms. The second kappa shape index (κ2) is 30.8. The lowest BCUT2D eigenvalue weighted by molar-refractivity contribution is -0.0536. The largest absolute Gasteiger partial charge is 0.396 e. The van der Waals surface area contributed by atoms with E-state index in [1.807, 2.05) is 21.8 Å². The highest BCUT2D eigenvalue weighted by Crippen LogP contribution is 2.22. The van der Waals surface area contributed by atoms with Gasteiger partial charge in [-0.05, 0) is 126 Å². The monoisotopic (exact) mass is 1030 g/mol. The van der Waals surface area contributed by atoms with E-state index in [0.29, 0.717) is 74.6 Å². The van der Waals surface area contributed by atoms with Crippen molar-refractivity contribution in [2.75, 3.05) is 92.3 Å². The van der Waals surface area contributed by atoms with Gasteiger partial charge in [0.2, 0.25) is 0 Å². The first-order valence-electron chi connectivity index (χ1n) is 28.2. The van der Waals surface area contributed by atoms with Crippen molar-refractivity contribution < 1.29 is 18.9 Å². The summed E-state index contributed by atoms with van der Waals surface area (Å²) in [6.07, 6.45) is 13.0. The maximum absolute atomic E-state index is 7.17. The van der Waals surface area contributed by atoms with Crippen LogP contribution in [0.25, 0.3) is 0 Å². The van der Waals surface area contributed by atoms with E-state index in [2.05, 4.69) is 176 Å². The number of benzene rings is 2. The SMILES string of the molecule is CC(C)C[C@H]1CO[C@H](C)CN(C)[C@@H](CC(C)C)CO[C@H](Cc2ccc(Cn3cc(N)cn3)cc2)CN(C)[C@@H](CC(C)C)CO[C@H](C)CN(C)[C@@H](CC(C)C)CO[C@H](Cc2ccc(Cn3cc(N)cn3)cc2)CN1C. The first-order valence-corrected chi connectivity index (χ1v) is 28.2. The van der Waals surface area contributed by atoms with Crippen molar-refractivity contribution in [2.45, 2.75) is 169 Å². The van der Waals surface area contributed by atoms with E-state index in [1.165, 1.54) is 22.3 Å².